The van der Waals surface area contributed by atoms with Gasteiger partial charge in [0.25, 0.3) is 0 Å². The fraction of sp³-hybridized carbons (Fsp3) is 0.545. The molecule has 1 fully saturated rings. The summed E-state index contributed by atoms with van der Waals surface area (Å²) in [5, 5.41) is 0. The summed E-state index contributed by atoms with van der Waals surface area (Å²) >= 11 is 0. The number of hydrogen-bond donors (Lipinski definition) is 0. The van der Waals surface area contributed by atoms with Gasteiger partial charge in [0, 0.05) is 36.3 Å². The number of ether oxygens (including phenoxy) is 2. The Morgan fingerprint density at radius 1 is 0.744 bits per heavy atom. The molecule has 2 aromatic carbocycles. The van der Waals surface area contributed by atoms with Crippen LogP contribution >= 0.6 is 0 Å². The second-order valence-corrected chi connectivity index (χ2v) is 13.0. The summed E-state index contributed by atoms with van der Waals surface area (Å²) < 4.78 is 11.8. The van der Waals surface area contributed by atoms with Crippen LogP contribution in [-0.4, -0.2) is 48.7 Å². The first-order chi connectivity index (χ1) is 18.0. The Bertz CT molecular complexity index is 1140. The summed E-state index contributed by atoms with van der Waals surface area (Å²) in [6.45, 7) is 18.4. The van der Waals surface area contributed by atoms with Crippen LogP contribution in [0.5, 0.6) is 11.5 Å². The highest BCUT2D eigenvalue weighted by Crippen LogP contribution is 2.44. The lowest BCUT2D eigenvalue weighted by Gasteiger charge is -2.43. The van der Waals surface area contributed by atoms with E-state index >= 15 is 0 Å². The molecule has 1 amide bonds. The Morgan fingerprint density at radius 3 is 1.44 bits per heavy atom. The lowest BCUT2D eigenvalue weighted by Crippen LogP contribution is -2.45. The molecule has 0 N–H and O–H groups in total. The summed E-state index contributed by atoms with van der Waals surface area (Å²) in [7, 11) is 0. The molecule has 0 unspecified atom stereocenters. The van der Waals surface area contributed by atoms with Crippen molar-refractivity contribution >= 4 is 17.5 Å². The number of amides is 1. The summed E-state index contributed by atoms with van der Waals surface area (Å²) in [4.78, 5) is 38.8. The van der Waals surface area contributed by atoms with Crippen LogP contribution in [0.1, 0.15) is 83.6 Å². The van der Waals surface area contributed by atoms with Crippen molar-refractivity contribution in [2.24, 2.45) is 10.8 Å². The third-order valence-corrected chi connectivity index (χ3v) is 7.91. The van der Waals surface area contributed by atoms with Gasteiger partial charge < -0.3 is 14.4 Å². The Kier molecular flexibility index (Phi) is 8.99. The van der Waals surface area contributed by atoms with Crippen molar-refractivity contribution in [3.8, 4) is 11.5 Å². The number of piperidine rings is 1. The van der Waals surface area contributed by atoms with E-state index < -0.39 is 10.8 Å². The number of rotatable bonds is 8. The highest BCUT2D eigenvalue weighted by molar-refractivity contribution is 5.85. The molecule has 0 atom stereocenters. The van der Waals surface area contributed by atoms with Gasteiger partial charge in [0.05, 0.1) is 0 Å². The predicted octanol–water partition coefficient (Wildman–Crippen LogP) is 6.22. The van der Waals surface area contributed by atoms with E-state index in [0.717, 1.165) is 35.1 Å². The molecular formula is C33H45NO5. The smallest absolute Gasteiger partial charge is 0.219 e. The maximum atomic E-state index is 12.4. The van der Waals surface area contributed by atoms with E-state index in [4.69, 9.17) is 9.47 Å². The monoisotopic (exact) mass is 535 g/mol. The van der Waals surface area contributed by atoms with Crippen LogP contribution in [0.3, 0.4) is 0 Å². The van der Waals surface area contributed by atoms with Gasteiger partial charge in [-0.1, -0.05) is 65.8 Å². The predicted molar refractivity (Wildman–Crippen MR) is 155 cm³/mol. The number of nitrogens with zero attached hydrogens (tertiary/aromatic N) is 1. The molecule has 39 heavy (non-hydrogen) atoms. The number of Topliss-reactive ketones (excluding diaryl/α,β-unsaturated/α-hetero) is 2. The molecule has 0 radical (unpaired) electrons. The van der Waals surface area contributed by atoms with Crippen LogP contribution in [0.4, 0.5) is 0 Å². The molecule has 0 aliphatic carbocycles. The zero-order valence-corrected chi connectivity index (χ0v) is 25.2. The van der Waals surface area contributed by atoms with Gasteiger partial charge in [-0.3, -0.25) is 14.4 Å². The van der Waals surface area contributed by atoms with Crippen molar-refractivity contribution in [2.75, 3.05) is 26.3 Å². The second-order valence-electron chi connectivity index (χ2n) is 13.0. The first-order valence-electron chi connectivity index (χ1n) is 13.8. The van der Waals surface area contributed by atoms with Gasteiger partial charge in [-0.2, -0.15) is 0 Å². The van der Waals surface area contributed by atoms with Gasteiger partial charge >= 0.3 is 0 Å². The Labute approximate surface area is 234 Å². The van der Waals surface area contributed by atoms with Gasteiger partial charge in [0.2, 0.25) is 5.91 Å². The van der Waals surface area contributed by atoms with Gasteiger partial charge in [0.15, 0.2) is 11.6 Å². The van der Waals surface area contributed by atoms with Crippen molar-refractivity contribution in [3.63, 3.8) is 0 Å². The average molecular weight is 536 g/mol. The van der Waals surface area contributed by atoms with E-state index in [-0.39, 0.29) is 36.1 Å². The molecule has 6 nitrogen and oxygen atoms in total. The van der Waals surface area contributed by atoms with Crippen molar-refractivity contribution < 1.29 is 23.9 Å². The molecule has 0 aromatic heterocycles. The van der Waals surface area contributed by atoms with Crippen LogP contribution in [-0.2, 0) is 19.8 Å². The summed E-state index contributed by atoms with van der Waals surface area (Å²) in [5.41, 5.74) is 3.08. The quantitative estimate of drug-likeness (QED) is 0.401. The first-order valence-corrected chi connectivity index (χ1v) is 13.8. The number of likely N-dealkylation sites (tertiary alicyclic amines) is 1. The Morgan fingerprint density at radius 2 is 1.13 bits per heavy atom. The van der Waals surface area contributed by atoms with Crippen LogP contribution in [0.2, 0.25) is 0 Å². The largest absolute Gasteiger partial charge is 0.486 e. The van der Waals surface area contributed by atoms with E-state index in [0.29, 0.717) is 24.6 Å². The fourth-order valence-electron chi connectivity index (χ4n) is 4.89. The molecule has 212 valence electrons. The van der Waals surface area contributed by atoms with E-state index in [1.807, 2.05) is 72.4 Å². The van der Waals surface area contributed by atoms with Crippen molar-refractivity contribution in [1.29, 1.82) is 0 Å². The van der Waals surface area contributed by atoms with Gasteiger partial charge in [-0.25, -0.2) is 0 Å². The summed E-state index contributed by atoms with van der Waals surface area (Å²) in [5.74, 6) is 1.62. The topological polar surface area (TPSA) is 72.9 Å². The lowest BCUT2D eigenvalue weighted by molar-refractivity contribution is -0.130. The summed E-state index contributed by atoms with van der Waals surface area (Å²) in [6, 6.07) is 12.4. The molecule has 1 aliphatic heterocycles. The second kappa shape index (κ2) is 11.5. The Hall–Kier alpha value is -3.15. The molecule has 1 saturated heterocycles. The maximum Gasteiger partial charge on any atom is 0.219 e. The number of carbonyl (C=O) groups is 3. The molecule has 0 bridgehead atoms. The molecule has 6 heteroatoms. The van der Waals surface area contributed by atoms with Gasteiger partial charge in [0.1, 0.15) is 24.7 Å². The number of benzene rings is 2. The zero-order chi connectivity index (χ0) is 29.2. The number of ketones is 2. The van der Waals surface area contributed by atoms with Crippen molar-refractivity contribution in [2.45, 2.75) is 80.6 Å². The summed E-state index contributed by atoms with van der Waals surface area (Å²) in [6.07, 6.45) is 1.58. The minimum absolute atomic E-state index is 0.0424. The zero-order valence-electron chi connectivity index (χ0n) is 25.2. The minimum Gasteiger partial charge on any atom is -0.486 e. The van der Waals surface area contributed by atoms with Crippen molar-refractivity contribution in [1.82, 2.24) is 4.90 Å². The minimum atomic E-state index is -0.448. The first kappa shape index (κ1) is 30.4. The molecule has 0 spiro atoms. The molecule has 1 heterocycles. The van der Waals surface area contributed by atoms with Crippen LogP contribution in [0.15, 0.2) is 36.4 Å². The standard InChI is InChI=1S/C33H45NO5/c1-22-18-25(10-12-27(22)38-20-29(36)31(4,5)6)33(14-16-34(17-15-33)24(3)35)26-11-13-28(23(2)19-26)39-21-30(37)32(7,8)9/h10-13,18-19H,14-17,20-21H2,1-9H3. The lowest BCUT2D eigenvalue weighted by atomic mass is 9.67. The van der Waals surface area contributed by atoms with Gasteiger partial charge in [-0.05, 0) is 61.1 Å². The molecule has 2 aromatic rings. The molecule has 1 aliphatic rings. The molecule has 3 rings (SSSR count). The number of hydrogen-bond acceptors (Lipinski definition) is 5. The van der Waals surface area contributed by atoms with Gasteiger partial charge in [-0.15, -0.1) is 0 Å². The van der Waals surface area contributed by atoms with Crippen molar-refractivity contribution in [3.05, 3.63) is 58.7 Å². The van der Waals surface area contributed by atoms with E-state index in [1.165, 1.54) is 0 Å². The SMILES string of the molecule is CC(=O)N1CCC(c2ccc(OCC(=O)C(C)(C)C)c(C)c2)(c2ccc(OCC(=O)C(C)(C)C)c(C)c2)CC1. The third kappa shape index (κ3) is 7.09. The third-order valence-electron chi connectivity index (χ3n) is 7.91. The Balaban J connectivity index is 1.93. The number of carbonyl (C=O) groups excluding carboxylic acids is 3. The van der Waals surface area contributed by atoms with E-state index in [2.05, 4.69) is 24.3 Å². The normalized spacial score (nSPS) is 15.6. The van der Waals surface area contributed by atoms with Crippen LogP contribution in [0.25, 0.3) is 0 Å². The highest BCUT2D eigenvalue weighted by Gasteiger charge is 2.39. The van der Waals surface area contributed by atoms with Crippen LogP contribution < -0.4 is 9.47 Å². The maximum absolute atomic E-state index is 12.4. The molecular weight excluding hydrogens is 490 g/mol. The highest BCUT2D eigenvalue weighted by atomic mass is 16.5. The fourth-order valence-corrected chi connectivity index (χ4v) is 4.89. The van der Waals surface area contributed by atoms with E-state index in [9.17, 15) is 14.4 Å². The molecule has 0 saturated carbocycles. The number of aryl methyl sites for hydroxylation is 2. The average Bonchev–Trinajstić information content (AvgIpc) is 2.85. The van der Waals surface area contributed by atoms with E-state index in [1.54, 1.807) is 6.92 Å². The van der Waals surface area contributed by atoms with Crippen LogP contribution in [0, 0.1) is 24.7 Å².